The molecule has 0 saturated carbocycles. The average Bonchev–Trinajstić information content (AvgIpc) is 2.79. The predicted octanol–water partition coefficient (Wildman–Crippen LogP) is 4.71. The number of benzene rings is 1. The number of ether oxygens (including phenoxy) is 1. The number of aromatic nitrogens is 2. The normalized spacial score (nSPS) is 10.9. The minimum absolute atomic E-state index is 0.641. The molecule has 0 bridgehead atoms. The van der Waals surface area contributed by atoms with Crippen LogP contribution in [0.5, 0.6) is 5.75 Å². The van der Waals surface area contributed by atoms with Crippen LogP contribution in [0.3, 0.4) is 0 Å². The third-order valence-electron chi connectivity index (χ3n) is 3.04. The third-order valence-corrected chi connectivity index (χ3v) is 4.22. The fourth-order valence-corrected chi connectivity index (χ4v) is 3.25. The number of methoxy groups -OCH3 is 1. The Balaban J connectivity index is 2.11. The minimum atomic E-state index is 0.641. The van der Waals surface area contributed by atoms with Gasteiger partial charge in [0.2, 0.25) is 0 Å². The highest BCUT2D eigenvalue weighted by molar-refractivity contribution is 7.18. The van der Waals surface area contributed by atoms with Gasteiger partial charge in [-0.1, -0.05) is 11.6 Å². The Kier molecular flexibility index (Phi) is 3.69. The molecule has 0 saturated heterocycles. The smallest absolute Gasteiger partial charge is 0.143 e. The zero-order valence-electron chi connectivity index (χ0n) is 11.9. The molecule has 0 fully saturated rings. The quantitative estimate of drug-likeness (QED) is 0.759. The molecule has 3 aromatic rings. The van der Waals surface area contributed by atoms with Gasteiger partial charge in [-0.05, 0) is 38.1 Å². The Bertz CT molecular complexity index is 816. The highest BCUT2D eigenvalue weighted by atomic mass is 35.5. The van der Waals surface area contributed by atoms with Crippen molar-refractivity contribution in [1.82, 2.24) is 9.97 Å². The lowest BCUT2D eigenvalue weighted by Crippen LogP contribution is -1.99. The summed E-state index contributed by atoms with van der Waals surface area (Å²) in [6.45, 7) is 3.94. The van der Waals surface area contributed by atoms with E-state index in [9.17, 15) is 0 Å². The number of rotatable bonds is 3. The van der Waals surface area contributed by atoms with Gasteiger partial charge in [-0.25, -0.2) is 9.97 Å². The Morgan fingerprint density at radius 2 is 2.00 bits per heavy atom. The largest absolute Gasteiger partial charge is 0.495 e. The van der Waals surface area contributed by atoms with Gasteiger partial charge in [0.25, 0.3) is 0 Å². The molecule has 0 unspecified atom stereocenters. The summed E-state index contributed by atoms with van der Waals surface area (Å²) in [4.78, 5) is 11.1. The Hall–Kier alpha value is -1.85. The molecule has 0 aliphatic carbocycles. The second-order valence-corrected chi connectivity index (χ2v) is 6.34. The summed E-state index contributed by atoms with van der Waals surface area (Å²) in [5.41, 5.74) is 0.785. The number of thiophene rings is 1. The molecule has 21 heavy (non-hydrogen) atoms. The van der Waals surface area contributed by atoms with E-state index >= 15 is 0 Å². The van der Waals surface area contributed by atoms with E-state index in [0.29, 0.717) is 5.02 Å². The molecule has 0 spiro atoms. The number of nitrogens with one attached hydrogen (secondary N) is 1. The molecule has 108 valence electrons. The van der Waals surface area contributed by atoms with Crippen LogP contribution >= 0.6 is 22.9 Å². The zero-order valence-corrected chi connectivity index (χ0v) is 13.5. The van der Waals surface area contributed by atoms with Crippen LogP contribution in [0.4, 0.5) is 11.5 Å². The Morgan fingerprint density at radius 3 is 2.76 bits per heavy atom. The van der Waals surface area contributed by atoms with E-state index in [2.05, 4.69) is 28.3 Å². The molecular formula is C15H14ClN3OS. The fourth-order valence-electron chi connectivity index (χ4n) is 2.15. The minimum Gasteiger partial charge on any atom is -0.495 e. The van der Waals surface area contributed by atoms with Gasteiger partial charge in [-0.3, -0.25) is 0 Å². The Morgan fingerprint density at radius 1 is 1.19 bits per heavy atom. The van der Waals surface area contributed by atoms with Crippen LogP contribution in [0, 0.1) is 13.8 Å². The van der Waals surface area contributed by atoms with Gasteiger partial charge in [0.15, 0.2) is 0 Å². The van der Waals surface area contributed by atoms with Gasteiger partial charge >= 0.3 is 0 Å². The van der Waals surface area contributed by atoms with Crippen molar-refractivity contribution >= 4 is 44.7 Å². The molecule has 0 aliphatic heterocycles. The van der Waals surface area contributed by atoms with Gasteiger partial charge in [-0.15, -0.1) is 11.3 Å². The molecule has 0 atom stereocenters. The maximum Gasteiger partial charge on any atom is 0.143 e. The molecule has 1 N–H and O–H groups in total. The van der Waals surface area contributed by atoms with Gasteiger partial charge < -0.3 is 10.1 Å². The predicted molar refractivity (Wildman–Crippen MR) is 88.2 cm³/mol. The number of fused-ring (bicyclic) bond motifs is 1. The molecule has 1 aromatic carbocycles. The first kappa shape index (κ1) is 14.1. The van der Waals surface area contributed by atoms with Crippen LogP contribution in [0.25, 0.3) is 10.2 Å². The van der Waals surface area contributed by atoms with E-state index in [4.69, 9.17) is 16.3 Å². The summed E-state index contributed by atoms with van der Waals surface area (Å²) >= 11 is 7.72. The summed E-state index contributed by atoms with van der Waals surface area (Å²) < 4.78 is 5.36. The number of hydrogen-bond donors (Lipinski definition) is 1. The summed E-state index contributed by atoms with van der Waals surface area (Å²) in [6, 6.07) is 7.53. The van der Waals surface area contributed by atoms with Crippen LogP contribution in [-0.4, -0.2) is 17.1 Å². The first-order valence-electron chi connectivity index (χ1n) is 6.42. The second-order valence-electron chi connectivity index (χ2n) is 4.66. The second kappa shape index (κ2) is 5.50. The molecule has 2 aromatic heterocycles. The van der Waals surface area contributed by atoms with Crippen molar-refractivity contribution in [3.05, 3.63) is 40.0 Å². The average molecular weight is 320 g/mol. The van der Waals surface area contributed by atoms with Crippen LogP contribution in [-0.2, 0) is 0 Å². The number of nitrogens with zero attached hydrogens (tertiary/aromatic N) is 2. The lowest BCUT2D eigenvalue weighted by atomic mass is 10.2. The van der Waals surface area contributed by atoms with Crippen molar-refractivity contribution in [2.75, 3.05) is 12.4 Å². The van der Waals surface area contributed by atoms with Gasteiger partial charge in [0, 0.05) is 9.90 Å². The van der Waals surface area contributed by atoms with Crippen molar-refractivity contribution in [1.29, 1.82) is 0 Å². The van der Waals surface area contributed by atoms with E-state index in [1.165, 1.54) is 4.88 Å². The van der Waals surface area contributed by atoms with Gasteiger partial charge in [-0.2, -0.15) is 0 Å². The molecule has 4 nitrogen and oxygen atoms in total. The first-order valence-corrected chi connectivity index (χ1v) is 7.61. The lowest BCUT2D eigenvalue weighted by Gasteiger charge is -2.12. The summed E-state index contributed by atoms with van der Waals surface area (Å²) in [5, 5.41) is 4.95. The van der Waals surface area contributed by atoms with Crippen molar-refractivity contribution in [3.8, 4) is 5.75 Å². The van der Waals surface area contributed by atoms with E-state index < -0.39 is 0 Å². The summed E-state index contributed by atoms with van der Waals surface area (Å²) in [7, 11) is 1.63. The number of hydrogen-bond acceptors (Lipinski definition) is 5. The van der Waals surface area contributed by atoms with Crippen molar-refractivity contribution in [3.63, 3.8) is 0 Å². The molecule has 2 heterocycles. The van der Waals surface area contributed by atoms with E-state index in [0.717, 1.165) is 33.3 Å². The lowest BCUT2D eigenvalue weighted by molar-refractivity contribution is 0.417. The van der Waals surface area contributed by atoms with Crippen molar-refractivity contribution in [2.24, 2.45) is 0 Å². The molecule has 6 heteroatoms. The monoisotopic (exact) mass is 319 g/mol. The summed E-state index contributed by atoms with van der Waals surface area (Å²) in [6.07, 6.45) is 0. The fraction of sp³-hybridized carbons (Fsp3) is 0.200. The van der Waals surface area contributed by atoms with Crippen LogP contribution in [0.1, 0.15) is 10.7 Å². The molecule has 3 rings (SSSR count). The topological polar surface area (TPSA) is 47.0 Å². The molecule has 0 amide bonds. The van der Waals surface area contributed by atoms with Crippen LogP contribution in [0.15, 0.2) is 24.3 Å². The highest BCUT2D eigenvalue weighted by Crippen LogP contribution is 2.34. The zero-order chi connectivity index (χ0) is 15.0. The SMILES string of the molecule is COc1ccc(Cl)cc1Nc1nc(C)nc2sc(C)cc12. The van der Waals surface area contributed by atoms with Crippen molar-refractivity contribution in [2.45, 2.75) is 13.8 Å². The number of anilines is 2. The number of halogens is 1. The number of aryl methyl sites for hydroxylation is 2. The summed E-state index contributed by atoms with van der Waals surface area (Å²) in [5.74, 6) is 2.21. The van der Waals surface area contributed by atoms with Crippen molar-refractivity contribution < 1.29 is 4.74 Å². The van der Waals surface area contributed by atoms with E-state index in [-0.39, 0.29) is 0 Å². The Labute approximate surface area is 131 Å². The molecule has 0 radical (unpaired) electrons. The maximum absolute atomic E-state index is 6.07. The third kappa shape index (κ3) is 2.80. The molecular weight excluding hydrogens is 306 g/mol. The highest BCUT2D eigenvalue weighted by Gasteiger charge is 2.11. The molecule has 0 aliphatic rings. The standard InChI is InChI=1S/C15H14ClN3OS/c1-8-6-11-14(17-9(2)18-15(11)21-8)19-12-7-10(16)4-5-13(12)20-3/h4-7H,1-3H3,(H,17,18,19). The van der Waals surface area contributed by atoms with Crippen LogP contribution in [0.2, 0.25) is 5.02 Å². The first-order chi connectivity index (χ1) is 10.1. The van der Waals surface area contributed by atoms with Gasteiger partial charge in [0.1, 0.15) is 22.2 Å². The van der Waals surface area contributed by atoms with E-state index in [1.54, 1.807) is 24.5 Å². The van der Waals surface area contributed by atoms with Crippen LogP contribution < -0.4 is 10.1 Å². The van der Waals surface area contributed by atoms with Gasteiger partial charge in [0.05, 0.1) is 18.2 Å². The maximum atomic E-state index is 6.07. The van der Waals surface area contributed by atoms with E-state index in [1.807, 2.05) is 19.1 Å².